The summed E-state index contributed by atoms with van der Waals surface area (Å²) in [6.07, 6.45) is 0.957. The number of nitrogens with one attached hydrogen (secondary N) is 1. The Morgan fingerprint density at radius 3 is 2.33 bits per heavy atom. The molecule has 1 unspecified atom stereocenters. The standard InChI is InChI=1S/C18H22BrNO/c1-13-12-16(8-9-17(13)19)18(20-2)15-6-4-14(5-7-15)10-11-21-3/h4-9,12,18,20H,10-11H2,1-3H3. The van der Waals surface area contributed by atoms with Crippen LogP contribution in [0.4, 0.5) is 0 Å². The van der Waals surface area contributed by atoms with Gasteiger partial charge in [0.1, 0.15) is 0 Å². The van der Waals surface area contributed by atoms with Crippen molar-refractivity contribution in [2.75, 3.05) is 20.8 Å². The molecule has 1 atom stereocenters. The molecule has 0 saturated carbocycles. The molecule has 112 valence electrons. The van der Waals surface area contributed by atoms with Crippen molar-refractivity contribution in [2.24, 2.45) is 0 Å². The van der Waals surface area contributed by atoms with Crippen molar-refractivity contribution in [2.45, 2.75) is 19.4 Å². The fourth-order valence-corrected chi connectivity index (χ4v) is 2.72. The first-order chi connectivity index (χ1) is 10.2. The highest BCUT2D eigenvalue weighted by Crippen LogP contribution is 2.26. The molecular weight excluding hydrogens is 326 g/mol. The molecular formula is C18H22BrNO. The summed E-state index contributed by atoms with van der Waals surface area (Å²) < 4.78 is 6.27. The lowest BCUT2D eigenvalue weighted by molar-refractivity contribution is 0.202. The minimum atomic E-state index is 0.216. The maximum Gasteiger partial charge on any atom is 0.0574 e. The van der Waals surface area contributed by atoms with Crippen LogP contribution in [0.1, 0.15) is 28.3 Å². The van der Waals surface area contributed by atoms with Gasteiger partial charge in [-0.25, -0.2) is 0 Å². The van der Waals surface area contributed by atoms with Gasteiger partial charge in [-0.3, -0.25) is 0 Å². The number of hydrogen-bond acceptors (Lipinski definition) is 2. The first-order valence-electron chi connectivity index (χ1n) is 7.16. The maximum absolute atomic E-state index is 5.12. The largest absolute Gasteiger partial charge is 0.384 e. The second-order valence-corrected chi connectivity index (χ2v) is 6.07. The van der Waals surface area contributed by atoms with Crippen LogP contribution < -0.4 is 5.32 Å². The van der Waals surface area contributed by atoms with Gasteiger partial charge in [0.2, 0.25) is 0 Å². The van der Waals surface area contributed by atoms with E-state index in [4.69, 9.17) is 4.74 Å². The van der Waals surface area contributed by atoms with Gasteiger partial charge in [-0.05, 0) is 48.7 Å². The Kier molecular flexibility index (Phi) is 5.97. The van der Waals surface area contributed by atoms with Gasteiger partial charge in [-0.15, -0.1) is 0 Å². The topological polar surface area (TPSA) is 21.3 Å². The van der Waals surface area contributed by atoms with E-state index in [-0.39, 0.29) is 6.04 Å². The summed E-state index contributed by atoms with van der Waals surface area (Å²) in [6, 6.07) is 15.5. The Bertz CT molecular complexity index is 580. The van der Waals surface area contributed by atoms with Crippen LogP contribution in [0.3, 0.4) is 0 Å². The minimum absolute atomic E-state index is 0.216. The quantitative estimate of drug-likeness (QED) is 0.842. The average Bonchev–Trinajstić information content (AvgIpc) is 2.50. The predicted molar refractivity (Wildman–Crippen MR) is 91.8 cm³/mol. The van der Waals surface area contributed by atoms with E-state index in [1.54, 1.807) is 7.11 Å². The lowest BCUT2D eigenvalue weighted by atomic mass is 9.96. The molecule has 3 heteroatoms. The normalized spacial score (nSPS) is 12.4. The van der Waals surface area contributed by atoms with E-state index in [0.29, 0.717) is 0 Å². The van der Waals surface area contributed by atoms with Crippen molar-refractivity contribution in [3.63, 3.8) is 0 Å². The molecule has 2 rings (SSSR count). The van der Waals surface area contributed by atoms with Gasteiger partial charge in [-0.1, -0.05) is 52.3 Å². The fraction of sp³-hybridized carbons (Fsp3) is 0.333. The molecule has 0 fully saturated rings. The zero-order valence-electron chi connectivity index (χ0n) is 12.8. The average molecular weight is 348 g/mol. The summed E-state index contributed by atoms with van der Waals surface area (Å²) in [5.74, 6) is 0. The third-order valence-electron chi connectivity index (χ3n) is 3.71. The second-order valence-electron chi connectivity index (χ2n) is 5.21. The molecule has 2 aromatic rings. The predicted octanol–water partition coefficient (Wildman–Crippen LogP) is 4.26. The number of methoxy groups -OCH3 is 1. The van der Waals surface area contributed by atoms with Crippen molar-refractivity contribution in [3.8, 4) is 0 Å². The zero-order valence-corrected chi connectivity index (χ0v) is 14.4. The van der Waals surface area contributed by atoms with Crippen LogP contribution in [0, 0.1) is 6.92 Å². The molecule has 0 bridgehead atoms. The van der Waals surface area contributed by atoms with Gasteiger partial charge >= 0.3 is 0 Å². The summed E-state index contributed by atoms with van der Waals surface area (Å²) in [7, 11) is 3.74. The van der Waals surface area contributed by atoms with E-state index in [0.717, 1.165) is 17.5 Å². The molecule has 0 heterocycles. The molecule has 0 aliphatic heterocycles. The van der Waals surface area contributed by atoms with Crippen LogP contribution in [-0.2, 0) is 11.2 Å². The summed E-state index contributed by atoms with van der Waals surface area (Å²) in [6.45, 7) is 2.88. The van der Waals surface area contributed by atoms with Crippen molar-refractivity contribution in [1.29, 1.82) is 0 Å². The highest BCUT2D eigenvalue weighted by atomic mass is 79.9. The van der Waals surface area contributed by atoms with Gasteiger partial charge < -0.3 is 10.1 Å². The Labute approximate surface area is 135 Å². The molecule has 0 amide bonds. The van der Waals surface area contributed by atoms with Crippen molar-refractivity contribution >= 4 is 15.9 Å². The van der Waals surface area contributed by atoms with Gasteiger partial charge in [-0.2, -0.15) is 0 Å². The molecule has 0 aliphatic rings. The number of hydrogen-bond donors (Lipinski definition) is 1. The molecule has 0 aromatic heterocycles. The van der Waals surface area contributed by atoms with Crippen LogP contribution in [-0.4, -0.2) is 20.8 Å². The second kappa shape index (κ2) is 7.74. The lowest BCUT2D eigenvalue weighted by Crippen LogP contribution is -2.17. The summed E-state index contributed by atoms with van der Waals surface area (Å²) >= 11 is 3.56. The fourth-order valence-electron chi connectivity index (χ4n) is 2.47. The maximum atomic E-state index is 5.12. The van der Waals surface area contributed by atoms with Gasteiger partial charge in [0, 0.05) is 11.6 Å². The van der Waals surface area contributed by atoms with Crippen LogP contribution in [0.2, 0.25) is 0 Å². The third-order valence-corrected chi connectivity index (χ3v) is 4.60. The Hall–Kier alpha value is -1.16. The van der Waals surface area contributed by atoms with E-state index >= 15 is 0 Å². The van der Waals surface area contributed by atoms with Gasteiger partial charge in [0.15, 0.2) is 0 Å². The molecule has 0 aliphatic carbocycles. The Morgan fingerprint density at radius 2 is 1.76 bits per heavy atom. The highest BCUT2D eigenvalue weighted by molar-refractivity contribution is 9.10. The smallest absolute Gasteiger partial charge is 0.0574 e. The van der Waals surface area contributed by atoms with Crippen molar-refractivity contribution in [1.82, 2.24) is 5.32 Å². The van der Waals surface area contributed by atoms with Crippen molar-refractivity contribution in [3.05, 3.63) is 69.2 Å². The monoisotopic (exact) mass is 347 g/mol. The molecule has 2 aromatic carbocycles. The number of benzene rings is 2. The van der Waals surface area contributed by atoms with Crippen LogP contribution in [0.5, 0.6) is 0 Å². The lowest BCUT2D eigenvalue weighted by Gasteiger charge is -2.18. The molecule has 0 radical (unpaired) electrons. The SMILES string of the molecule is CNC(c1ccc(CCOC)cc1)c1ccc(Br)c(C)c1. The number of rotatable bonds is 6. The highest BCUT2D eigenvalue weighted by Gasteiger charge is 2.12. The number of halogens is 1. The molecule has 1 N–H and O–H groups in total. The van der Waals surface area contributed by atoms with E-state index < -0.39 is 0 Å². The number of aryl methyl sites for hydroxylation is 1. The van der Waals surface area contributed by atoms with Crippen LogP contribution in [0.15, 0.2) is 46.9 Å². The molecule has 0 saturated heterocycles. The minimum Gasteiger partial charge on any atom is -0.384 e. The summed E-state index contributed by atoms with van der Waals surface area (Å²) in [4.78, 5) is 0. The van der Waals surface area contributed by atoms with Gasteiger partial charge in [0.25, 0.3) is 0 Å². The van der Waals surface area contributed by atoms with E-state index in [9.17, 15) is 0 Å². The van der Waals surface area contributed by atoms with E-state index in [2.05, 4.69) is 70.6 Å². The zero-order chi connectivity index (χ0) is 15.2. The van der Waals surface area contributed by atoms with E-state index in [1.165, 1.54) is 22.3 Å². The Balaban J connectivity index is 2.22. The third kappa shape index (κ3) is 4.16. The van der Waals surface area contributed by atoms with Gasteiger partial charge in [0.05, 0.1) is 12.6 Å². The molecule has 0 spiro atoms. The van der Waals surface area contributed by atoms with Crippen molar-refractivity contribution < 1.29 is 4.74 Å². The molecule has 2 nitrogen and oxygen atoms in total. The molecule has 21 heavy (non-hydrogen) atoms. The number of ether oxygens (including phenoxy) is 1. The summed E-state index contributed by atoms with van der Waals surface area (Å²) in [5.41, 5.74) is 5.12. The van der Waals surface area contributed by atoms with E-state index in [1.807, 2.05) is 7.05 Å². The van der Waals surface area contributed by atoms with Crippen LogP contribution >= 0.6 is 15.9 Å². The first kappa shape index (κ1) is 16.2. The van der Waals surface area contributed by atoms with Crippen LogP contribution in [0.25, 0.3) is 0 Å². The Morgan fingerprint density at radius 1 is 1.10 bits per heavy atom. The first-order valence-corrected chi connectivity index (χ1v) is 7.96. The summed E-state index contributed by atoms with van der Waals surface area (Å²) in [5, 5.41) is 3.40.